The minimum atomic E-state index is 0.614. The highest BCUT2D eigenvalue weighted by Gasteiger charge is 2.11. The van der Waals surface area contributed by atoms with Gasteiger partial charge in [-0.3, -0.25) is 0 Å². The molecular formula is C11H19N5. The van der Waals surface area contributed by atoms with Gasteiger partial charge in [-0.1, -0.05) is 13.8 Å². The first-order valence-electron chi connectivity index (χ1n) is 5.66. The van der Waals surface area contributed by atoms with Gasteiger partial charge in [-0.05, 0) is 13.0 Å². The molecule has 0 bridgehead atoms. The number of nitrogens with zero attached hydrogens (tertiary/aromatic N) is 4. The molecule has 2 heterocycles. The summed E-state index contributed by atoms with van der Waals surface area (Å²) in [6.07, 6.45) is 2.97. The predicted octanol–water partition coefficient (Wildman–Crippen LogP) is 0.986. The predicted molar refractivity (Wildman–Crippen MR) is 63.3 cm³/mol. The van der Waals surface area contributed by atoms with Crippen LogP contribution in [0.15, 0.2) is 6.20 Å². The highest BCUT2D eigenvalue weighted by atomic mass is 15.4. The summed E-state index contributed by atoms with van der Waals surface area (Å²) in [4.78, 5) is 4.53. The number of nitrogens with one attached hydrogen (secondary N) is 1. The molecule has 0 aromatic carbocycles. The van der Waals surface area contributed by atoms with E-state index in [0.29, 0.717) is 5.92 Å². The second-order valence-corrected chi connectivity index (χ2v) is 4.58. The van der Waals surface area contributed by atoms with E-state index >= 15 is 0 Å². The summed E-state index contributed by atoms with van der Waals surface area (Å²) in [7, 11) is 3.94. The quantitative estimate of drug-likeness (QED) is 0.837. The van der Waals surface area contributed by atoms with Crippen LogP contribution < -0.4 is 5.32 Å². The second kappa shape index (κ2) is 4.25. The molecule has 0 radical (unpaired) electrons. The van der Waals surface area contributed by atoms with Crippen molar-refractivity contribution in [2.75, 3.05) is 7.05 Å². The van der Waals surface area contributed by atoms with Crippen molar-refractivity contribution in [3.8, 4) is 0 Å². The molecule has 0 aliphatic carbocycles. The van der Waals surface area contributed by atoms with Crippen LogP contribution in [0, 0.1) is 5.92 Å². The molecule has 0 aliphatic rings. The van der Waals surface area contributed by atoms with Gasteiger partial charge in [-0.2, -0.15) is 5.10 Å². The summed E-state index contributed by atoms with van der Waals surface area (Å²) in [6.45, 7) is 5.18. The summed E-state index contributed by atoms with van der Waals surface area (Å²) < 4.78 is 3.93. The molecule has 16 heavy (non-hydrogen) atoms. The van der Waals surface area contributed by atoms with Crippen LogP contribution in [0.25, 0.3) is 5.78 Å². The Balaban J connectivity index is 2.35. The fraction of sp³-hybridized carbons (Fsp3) is 0.636. The minimum Gasteiger partial charge on any atom is -0.314 e. The third-order valence-corrected chi connectivity index (χ3v) is 2.58. The topological polar surface area (TPSA) is 47.1 Å². The van der Waals surface area contributed by atoms with Gasteiger partial charge in [0.15, 0.2) is 0 Å². The van der Waals surface area contributed by atoms with Gasteiger partial charge in [0.2, 0.25) is 5.78 Å². The molecular weight excluding hydrogens is 202 g/mol. The number of aryl methyl sites for hydroxylation is 1. The molecule has 0 spiro atoms. The van der Waals surface area contributed by atoms with Crippen LogP contribution >= 0.6 is 0 Å². The molecule has 0 saturated carbocycles. The Hall–Kier alpha value is -1.36. The molecule has 5 heteroatoms. The number of imidazole rings is 1. The van der Waals surface area contributed by atoms with E-state index in [0.717, 1.165) is 30.3 Å². The van der Waals surface area contributed by atoms with Gasteiger partial charge >= 0.3 is 0 Å². The summed E-state index contributed by atoms with van der Waals surface area (Å²) in [5.41, 5.74) is 1.02. The Morgan fingerprint density at radius 2 is 2.19 bits per heavy atom. The van der Waals surface area contributed by atoms with Crippen LogP contribution in [0.1, 0.15) is 25.4 Å². The Labute approximate surface area is 95.5 Å². The van der Waals surface area contributed by atoms with Crippen molar-refractivity contribution >= 4 is 5.78 Å². The van der Waals surface area contributed by atoms with E-state index in [1.165, 1.54) is 0 Å². The van der Waals surface area contributed by atoms with Crippen LogP contribution in [0.3, 0.4) is 0 Å². The van der Waals surface area contributed by atoms with Gasteiger partial charge in [0.05, 0.1) is 11.9 Å². The van der Waals surface area contributed by atoms with Crippen molar-refractivity contribution in [3.05, 3.63) is 17.7 Å². The molecule has 0 atom stereocenters. The van der Waals surface area contributed by atoms with Crippen molar-refractivity contribution in [1.29, 1.82) is 0 Å². The minimum absolute atomic E-state index is 0.614. The van der Waals surface area contributed by atoms with E-state index in [-0.39, 0.29) is 0 Å². The maximum atomic E-state index is 4.54. The molecule has 0 unspecified atom stereocenters. The number of hydrogen-bond acceptors (Lipinski definition) is 3. The summed E-state index contributed by atoms with van der Waals surface area (Å²) in [5.74, 6) is 2.62. The summed E-state index contributed by atoms with van der Waals surface area (Å²) >= 11 is 0. The highest BCUT2D eigenvalue weighted by molar-refractivity contribution is 5.32. The number of aromatic nitrogens is 4. The molecule has 1 N–H and O–H groups in total. The van der Waals surface area contributed by atoms with Crippen molar-refractivity contribution in [2.24, 2.45) is 13.0 Å². The van der Waals surface area contributed by atoms with Crippen LogP contribution in [-0.2, 0) is 20.0 Å². The maximum Gasteiger partial charge on any atom is 0.232 e. The smallest absolute Gasteiger partial charge is 0.232 e. The molecule has 0 aliphatic heterocycles. The van der Waals surface area contributed by atoms with Crippen LogP contribution in [-0.4, -0.2) is 26.2 Å². The molecule has 0 amide bonds. The van der Waals surface area contributed by atoms with Gasteiger partial charge < -0.3 is 9.88 Å². The SMILES string of the molecule is CNCc1cn2nc(CC(C)C)n(C)c2n1. The molecule has 88 valence electrons. The molecule has 2 aromatic rings. The number of fused-ring (bicyclic) bond motifs is 1. The first-order valence-corrected chi connectivity index (χ1v) is 5.66. The first kappa shape index (κ1) is 11.1. The highest BCUT2D eigenvalue weighted by Crippen LogP contribution is 2.10. The number of rotatable bonds is 4. The third kappa shape index (κ3) is 1.95. The second-order valence-electron chi connectivity index (χ2n) is 4.58. The monoisotopic (exact) mass is 221 g/mol. The lowest BCUT2D eigenvalue weighted by atomic mass is 10.1. The standard InChI is InChI=1S/C11H19N5/c1-8(2)5-10-14-16-7-9(6-12-3)13-11(16)15(10)4/h7-8,12H,5-6H2,1-4H3. The van der Waals surface area contributed by atoms with E-state index in [9.17, 15) is 0 Å². The van der Waals surface area contributed by atoms with Crippen molar-refractivity contribution in [3.63, 3.8) is 0 Å². The zero-order chi connectivity index (χ0) is 11.7. The van der Waals surface area contributed by atoms with Gasteiger partial charge in [0.1, 0.15) is 5.82 Å². The van der Waals surface area contributed by atoms with Gasteiger partial charge in [-0.15, -0.1) is 0 Å². The third-order valence-electron chi connectivity index (χ3n) is 2.58. The lowest BCUT2D eigenvalue weighted by Gasteiger charge is -2.02. The zero-order valence-electron chi connectivity index (χ0n) is 10.4. The molecule has 5 nitrogen and oxygen atoms in total. The van der Waals surface area contributed by atoms with Crippen molar-refractivity contribution < 1.29 is 0 Å². The van der Waals surface area contributed by atoms with Crippen molar-refractivity contribution in [1.82, 2.24) is 24.5 Å². The largest absolute Gasteiger partial charge is 0.314 e. The molecule has 0 saturated heterocycles. The van der Waals surface area contributed by atoms with E-state index in [1.807, 2.05) is 24.8 Å². The summed E-state index contributed by atoms with van der Waals surface area (Å²) in [6, 6.07) is 0. The lowest BCUT2D eigenvalue weighted by Crippen LogP contribution is -2.06. The van der Waals surface area contributed by atoms with E-state index in [4.69, 9.17) is 0 Å². The maximum absolute atomic E-state index is 4.54. The molecule has 2 aromatic heterocycles. The van der Waals surface area contributed by atoms with Crippen LogP contribution in [0.2, 0.25) is 0 Å². The molecule has 2 rings (SSSR count). The zero-order valence-corrected chi connectivity index (χ0v) is 10.4. The van der Waals surface area contributed by atoms with Crippen molar-refractivity contribution in [2.45, 2.75) is 26.8 Å². The van der Waals surface area contributed by atoms with E-state index < -0.39 is 0 Å². The van der Waals surface area contributed by atoms with E-state index in [2.05, 4.69) is 33.8 Å². The Bertz CT molecular complexity index is 480. The average Bonchev–Trinajstić information content (AvgIpc) is 2.69. The number of hydrogen-bond donors (Lipinski definition) is 1. The van der Waals surface area contributed by atoms with Gasteiger partial charge in [0, 0.05) is 20.0 Å². The Morgan fingerprint density at radius 3 is 2.75 bits per heavy atom. The first-order chi connectivity index (χ1) is 7.61. The van der Waals surface area contributed by atoms with Crippen LogP contribution in [0.4, 0.5) is 0 Å². The fourth-order valence-electron chi connectivity index (χ4n) is 1.83. The molecule has 0 fully saturated rings. The van der Waals surface area contributed by atoms with Crippen LogP contribution in [0.5, 0.6) is 0 Å². The summed E-state index contributed by atoms with van der Waals surface area (Å²) in [5, 5.41) is 7.63. The fourth-order valence-corrected chi connectivity index (χ4v) is 1.83. The lowest BCUT2D eigenvalue weighted by molar-refractivity contribution is 0.599. The van der Waals surface area contributed by atoms with Gasteiger partial charge in [-0.25, -0.2) is 9.50 Å². The average molecular weight is 221 g/mol. The van der Waals surface area contributed by atoms with E-state index in [1.54, 1.807) is 0 Å². The normalized spacial score (nSPS) is 11.8. The van der Waals surface area contributed by atoms with Gasteiger partial charge in [0.25, 0.3) is 0 Å². The Kier molecular flexibility index (Phi) is 2.96. The Morgan fingerprint density at radius 1 is 1.44 bits per heavy atom.